The minimum atomic E-state index is -0.643. The van der Waals surface area contributed by atoms with E-state index in [1.54, 1.807) is 0 Å². The number of nitrogens with zero attached hydrogens (tertiary/aromatic N) is 1. The van der Waals surface area contributed by atoms with Gasteiger partial charge < -0.3 is 16.4 Å². The van der Waals surface area contributed by atoms with Gasteiger partial charge in [-0.15, -0.1) is 0 Å². The first-order valence-electron chi connectivity index (χ1n) is 4.94. The molecule has 0 aliphatic carbocycles. The van der Waals surface area contributed by atoms with Crippen molar-refractivity contribution in [2.45, 2.75) is 6.42 Å². The lowest BCUT2D eigenvalue weighted by Gasteiger charge is -2.06. The Morgan fingerprint density at radius 2 is 2.24 bits per heavy atom. The first kappa shape index (κ1) is 12.9. The lowest BCUT2D eigenvalue weighted by Crippen LogP contribution is -2.29. The fraction of sp³-hybridized carbons (Fsp3) is 0.300. The number of amides is 2. The van der Waals surface area contributed by atoms with E-state index < -0.39 is 11.7 Å². The Hall–Kier alpha value is -2.18. The topological polar surface area (TPSA) is 97.1 Å². The Morgan fingerprint density at radius 3 is 2.88 bits per heavy atom. The number of aromatic nitrogens is 1. The van der Waals surface area contributed by atoms with Gasteiger partial charge in [-0.05, 0) is 6.07 Å². The van der Waals surface area contributed by atoms with Gasteiger partial charge in [-0.25, -0.2) is 9.37 Å². The highest BCUT2D eigenvalue weighted by atomic mass is 19.1. The van der Waals surface area contributed by atoms with Crippen molar-refractivity contribution >= 4 is 17.6 Å². The van der Waals surface area contributed by atoms with Crippen LogP contribution in [0.3, 0.4) is 0 Å². The summed E-state index contributed by atoms with van der Waals surface area (Å²) in [7, 11) is 1.50. The molecule has 0 radical (unpaired) electrons. The molecule has 0 bridgehead atoms. The first-order valence-corrected chi connectivity index (χ1v) is 4.94. The highest BCUT2D eigenvalue weighted by molar-refractivity contribution is 5.98. The summed E-state index contributed by atoms with van der Waals surface area (Å²) in [4.78, 5) is 26.0. The molecule has 0 aliphatic rings. The number of nitrogen functional groups attached to an aromatic ring is 1. The van der Waals surface area contributed by atoms with E-state index >= 15 is 0 Å². The molecule has 1 aromatic heterocycles. The van der Waals surface area contributed by atoms with Gasteiger partial charge in [-0.3, -0.25) is 9.59 Å². The van der Waals surface area contributed by atoms with Crippen molar-refractivity contribution in [3.8, 4) is 0 Å². The van der Waals surface area contributed by atoms with Gasteiger partial charge in [-0.1, -0.05) is 0 Å². The van der Waals surface area contributed by atoms with Crippen LogP contribution in [-0.2, 0) is 4.79 Å². The Bertz CT molecular complexity index is 436. The predicted molar refractivity (Wildman–Crippen MR) is 59.6 cm³/mol. The quantitative estimate of drug-likeness (QED) is 0.671. The molecular formula is C10H13FN4O2. The number of pyridine rings is 1. The highest BCUT2D eigenvalue weighted by Crippen LogP contribution is 2.09. The fourth-order valence-corrected chi connectivity index (χ4v) is 1.14. The number of anilines is 1. The Kier molecular flexibility index (Phi) is 4.38. The number of hydrogen-bond donors (Lipinski definition) is 3. The number of nitrogens with two attached hydrogens (primary N) is 1. The van der Waals surface area contributed by atoms with Gasteiger partial charge in [0.25, 0.3) is 5.91 Å². The molecule has 0 unspecified atom stereocenters. The van der Waals surface area contributed by atoms with Crippen LogP contribution in [0.4, 0.5) is 10.2 Å². The summed E-state index contributed by atoms with van der Waals surface area (Å²) in [5.74, 6) is -1.45. The average molecular weight is 240 g/mol. The largest absolute Gasteiger partial charge is 0.383 e. The minimum Gasteiger partial charge on any atom is -0.383 e. The van der Waals surface area contributed by atoms with Gasteiger partial charge in [-0.2, -0.15) is 0 Å². The SMILES string of the molecule is CNC(=O)CCNC(=O)c1cc(F)cnc1N. The molecule has 1 heterocycles. The molecule has 0 aromatic carbocycles. The fourth-order valence-electron chi connectivity index (χ4n) is 1.14. The molecule has 2 amide bonds. The molecule has 0 saturated carbocycles. The zero-order valence-corrected chi connectivity index (χ0v) is 9.29. The van der Waals surface area contributed by atoms with Gasteiger partial charge in [0, 0.05) is 20.0 Å². The van der Waals surface area contributed by atoms with E-state index in [4.69, 9.17) is 5.73 Å². The molecule has 17 heavy (non-hydrogen) atoms. The molecule has 0 fully saturated rings. The van der Waals surface area contributed by atoms with Crippen LogP contribution in [0.5, 0.6) is 0 Å². The van der Waals surface area contributed by atoms with Gasteiger partial charge in [0.1, 0.15) is 11.6 Å². The molecule has 0 aliphatic heterocycles. The molecule has 1 aromatic rings. The van der Waals surface area contributed by atoms with Gasteiger partial charge in [0.2, 0.25) is 5.91 Å². The van der Waals surface area contributed by atoms with Crippen LogP contribution in [0, 0.1) is 5.82 Å². The molecule has 0 atom stereocenters. The maximum Gasteiger partial charge on any atom is 0.255 e. The van der Waals surface area contributed by atoms with Crippen molar-refractivity contribution < 1.29 is 14.0 Å². The van der Waals surface area contributed by atoms with Crippen LogP contribution < -0.4 is 16.4 Å². The van der Waals surface area contributed by atoms with Gasteiger partial charge in [0.15, 0.2) is 0 Å². The van der Waals surface area contributed by atoms with Crippen LogP contribution in [0.25, 0.3) is 0 Å². The number of hydrogen-bond acceptors (Lipinski definition) is 4. The van der Waals surface area contributed by atoms with Crippen molar-refractivity contribution in [1.82, 2.24) is 15.6 Å². The van der Waals surface area contributed by atoms with E-state index in [1.165, 1.54) is 7.05 Å². The van der Waals surface area contributed by atoms with Crippen LogP contribution in [0.2, 0.25) is 0 Å². The second kappa shape index (κ2) is 5.78. The van der Waals surface area contributed by atoms with Crippen molar-refractivity contribution in [2.75, 3.05) is 19.3 Å². The lowest BCUT2D eigenvalue weighted by atomic mass is 10.2. The number of halogens is 1. The zero-order valence-electron chi connectivity index (χ0n) is 9.29. The van der Waals surface area contributed by atoms with Crippen molar-refractivity contribution in [1.29, 1.82) is 0 Å². The van der Waals surface area contributed by atoms with Crippen molar-refractivity contribution in [3.63, 3.8) is 0 Å². The van der Waals surface area contributed by atoms with Gasteiger partial charge >= 0.3 is 0 Å². The summed E-state index contributed by atoms with van der Waals surface area (Å²) >= 11 is 0. The second-order valence-electron chi connectivity index (χ2n) is 3.27. The van der Waals surface area contributed by atoms with Crippen LogP contribution in [0.1, 0.15) is 16.8 Å². The molecule has 0 spiro atoms. The van der Waals surface area contributed by atoms with Crippen LogP contribution in [-0.4, -0.2) is 30.4 Å². The average Bonchev–Trinajstić information content (AvgIpc) is 2.31. The normalized spacial score (nSPS) is 9.76. The number of carbonyl (C=O) groups is 2. The monoisotopic (exact) mass is 240 g/mol. The van der Waals surface area contributed by atoms with E-state index in [2.05, 4.69) is 15.6 Å². The third-order valence-corrected chi connectivity index (χ3v) is 2.05. The summed E-state index contributed by atoms with van der Waals surface area (Å²) in [6.45, 7) is 0.147. The summed E-state index contributed by atoms with van der Waals surface area (Å²) < 4.78 is 12.9. The number of nitrogens with one attached hydrogen (secondary N) is 2. The molecule has 0 saturated heterocycles. The molecule has 4 N–H and O–H groups in total. The summed E-state index contributed by atoms with van der Waals surface area (Å²) in [5, 5.41) is 4.86. The summed E-state index contributed by atoms with van der Waals surface area (Å²) in [5.41, 5.74) is 5.39. The Morgan fingerprint density at radius 1 is 1.53 bits per heavy atom. The Balaban J connectivity index is 2.58. The van der Waals surface area contributed by atoms with E-state index in [0.29, 0.717) is 0 Å². The summed E-state index contributed by atoms with van der Waals surface area (Å²) in [6, 6.07) is 0.998. The molecule has 92 valence electrons. The van der Waals surface area contributed by atoms with E-state index in [0.717, 1.165) is 12.3 Å². The van der Waals surface area contributed by atoms with E-state index in [1.807, 2.05) is 0 Å². The minimum absolute atomic E-state index is 0.0399. The summed E-state index contributed by atoms with van der Waals surface area (Å²) in [6.07, 6.45) is 1.07. The van der Waals surface area contributed by atoms with E-state index in [-0.39, 0.29) is 30.3 Å². The smallest absolute Gasteiger partial charge is 0.255 e. The zero-order chi connectivity index (χ0) is 12.8. The number of carbonyl (C=O) groups excluding carboxylic acids is 2. The van der Waals surface area contributed by atoms with Crippen LogP contribution in [0.15, 0.2) is 12.3 Å². The van der Waals surface area contributed by atoms with Crippen molar-refractivity contribution in [3.05, 3.63) is 23.6 Å². The Labute approximate surface area is 97.4 Å². The molecule has 7 heteroatoms. The standard InChI is InChI=1S/C10H13FN4O2/c1-13-8(16)2-3-14-10(17)7-4-6(11)5-15-9(7)12/h4-5H,2-3H2,1H3,(H2,12,15)(H,13,16)(H,14,17). The van der Waals surface area contributed by atoms with Crippen LogP contribution >= 0.6 is 0 Å². The first-order chi connectivity index (χ1) is 8.04. The van der Waals surface area contributed by atoms with Crippen molar-refractivity contribution in [2.24, 2.45) is 0 Å². The third kappa shape index (κ3) is 3.71. The molecule has 6 nitrogen and oxygen atoms in total. The highest BCUT2D eigenvalue weighted by Gasteiger charge is 2.11. The lowest BCUT2D eigenvalue weighted by molar-refractivity contribution is -0.120. The molecule has 1 rings (SSSR count). The second-order valence-corrected chi connectivity index (χ2v) is 3.27. The predicted octanol–water partition coefficient (Wildman–Crippen LogP) is -0.331. The maximum absolute atomic E-state index is 12.9. The molecular weight excluding hydrogens is 227 g/mol. The maximum atomic E-state index is 12.9. The van der Waals surface area contributed by atoms with E-state index in [9.17, 15) is 14.0 Å². The number of rotatable bonds is 4. The third-order valence-electron chi connectivity index (χ3n) is 2.05. The van der Waals surface area contributed by atoms with Gasteiger partial charge in [0.05, 0.1) is 11.8 Å².